The third-order valence-corrected chi connectivity index (χ3v) is 6.31. The molecule has 9 heteroatoms. The van der Waals surface area contributed by atoms with Crippen LogP contribution in [0.25, 0.3) is 11.2 Å². The van der Waals surface area contributed by atoms with E-state index in [4.69, 9.17) is 14.5 Å². The number of morpholine rings is 1. The number of nitrogens with one attached hydrogen (secondary N) is 3. The van der Waals surface area contributed by atoms with Crippen molar-refractivity contribution < 1.29 is 9.47 Å². The van der Waals surface area contributed by atoms with E-state index in [9.17, 15) is 0 Å². The number of imidazole rings is 1. The summed E-state index contributed by atoms with van der Waals surface area (Å²) in [6.07, 6.45) is 7.76. The van der Waals surface area contributed by atoms with E-state index in [0.717, 1.165) is 68.3 Å². The molecule has 2 aliphatic rings. The molecule has 3 heterocycles. The minimum absolute atomic E-state index is 0.418. The molecule has 0 unspecified atom stereocenters. The maximum atomic E-state index is 5.63. The largest absolute Gasteiger partial charge is 0.495 e. The highest BCUT2D eigenvalue weighted by atomic mass is 16.5. The molecule has 1 aromatic carbocycles. The van der Waals surface area contributed by atoms with E-state index in [1.54, 1.807) is 13.4 Å². The summed E-state index contributed by atoms with van der Waals surface area (Å²) in [6, 6.07) is 6.28. The third-order valence-electron chi connectivity index (χ3n) is 6.31. The number of H-pyrrole nitrogens is 1. The average molecular weight is 462 g/mol. The second-order valence-corrected chi connectivity index (χ2v) is 8.71. The second kappa shape index (κ2) is 10.7. The SMILES string of the molecule is COc1cc(C#CCN2CCOCC2)ccc1Nc1nc(NC2CCCCC2)c2nc[nH]c2n1. The minimum Gasteiger partial charge on any atom is -0.495 e. The average Bonchev–Trinajstić information content (AvgIpc) is 3.35. The lowest BCUT2D eigenvalue weighted by Gasteiger charge is -2.24. The van der Waals surface area contributed by atoms with Crippen LogP contribution in [0.5, 0.6) is 5.75 Å². The fourth-order valence-electron chi connectivity index (χ4n) is 4.44. The smallest absolute Gasteiger partial charge is 0.231 e. The van der Waals surface area contributed by atoms with Crippen molar-refractivity contribution in [1.29, 1.82) is 0 Å². The lowest BCUT2D eigenvalue weighted by Crippen LogP contribution is -2.36. The Kier molecular flexibility index (Phi) is 7.08. The Balaban J connectivity index is 1.32. The van der Waals surface area contributed by atoms with E-state index >= 15 is 0 Å². The van der Waals surface area contributed by atoms with Crippen LogP contribution in [-0.2, 0) is 4.74 Å². The van der Waals surface area contributed by atoms with Gasteiger partial charge in [-0.1, -0.05) is 31.1 Å². The highest BCUT2D eigenvalue weighted by Crippen LogP contribution is 2.30. The molecule has 3 N–H and O–H groups in total. The van der Waals surface area contributed by atoms with Crippen molar-refractivity contribution in [3.8, 4) is 17.6 Å². The number of benzene rings is 1. The van der Waals surface area contributed by atoms with Crippen LogP contribution in [-0.4, -0.2) is 70.8 Å². The topological polar surface area (TPSA) is 100 Å². The number of ether oxygens (including phenoxy) is 2. The number of anilines is 3. The van der Waals surface area contributed by atoms with Gasteiger partial charge < -0.3 is 25.1 Å². The molecule has 1 saturated heterocycles. The highest BCUT2D eigenvalue weighted by Gasteiger charge is 2.18. The van der Waals surface area contributed by atoms with Crippen molar-refractivity contribution >= 4 is 28.6 Å². The summed E-state index contributed by atoms with van der Waals surface area (Å²) < 4.78 is 11.0. The van der Waals surface area contributed by atoms with E-state index in [1.165, 1.54) is 19.3 Å². The molecule has 34 heavy (non-hydrogen) atoms. The Morgan fingerprint density at radius 2 is 2.03 bits per heavy atom. The Morgan fingerprint density at radius 3 is 2.85 bits per heavy atom. The molecule has 0 radical (unpaired) electrons. The Bertz CT molecular complexity index is 1170. The van der Waals surface area contributed by atoms with Gasteiger partial charge >= 0.3 is 0 Å². The molecule has 0 atom stereocenters. The van der Waals surface area contributed by atoms with Gasteiger partial charge in [0.2, 0.25) is 5.95 Å². The number of fused-ring (bicyclic) bond motifs is 1. The van der Waals surface area contributed by atoms with Gasteiger partial charge in [0.05, 0.1) is 38.9 Å². The standard InChI is InChI=1S/C25H31N7O2/c1-33-21-16-18(6-5-11-32-12-14-34-15-13-32)9-10-20(21)29-25-30-23-22(26-17-27-23)24(31-25)28-19-7-3-2-4-8-19/h9-10,16-17,19H,2-4,7-8,11-15H2,1H3,(H3,26,27,28,29,30,31). The van der Waals surface area contributed by atoms with E-state index in [0.29, 0.717) is 23.4 Å². The molecule has 0 amide bonds. The molecule has 0 bridgehead atoms. The van der Waals surface area contributed by atoms with Gasteiger partial charge in [-0.05, 0) is 31.0 Å². The summed E-state index contributed by atoms with van der Waals surface area (Å²) in [5.41, 5.74) is 3.14. The number of aromatic amines is 1. The van der Waals surface area contributed by atoms with Crippen LogP contribution >= 0.6 is 0 Å². The predicted molar refractivity (Wildman–Crippen MR) is 133 cm³/mol. The van der Waals surface area contributed by atoms with Gasteiger partial charge in [-0.3, -0.25) is 4.90 Å². The molecule has 1 aliphatic carbocycles. The van der Waals surface area contributed by atoms with Gasteiger partial charge in [-0.2, -0.15) is 9.97 Å². The monoisotopic (exact) mass is 461 g/mol. The molecular formula is C25H31N7O2. The Labute approximate surface area is 199 Å². The Morgan fingerprint density at radius 1 is 1.18 bits per heavy atom. The van der Waals surface area contributed by atoms with Crippen LogP contribution in [0.2, 0.25) is 0 Å². The lowest BCUT2D eigenvalue weighted by molar-refractivity contribution is 0.0443. The van der Waals surface area contributed by atoms with Crippen molar-refractivity contribution in [3.63, 3.8) is 0 Å². The summed E-state index contributed by atoms with van der Waals surface area (Å²) in [5.74, 6) is 8.42. The van der Waals surface area contributed by atoms with Crippen LogP contribution in [0, 0.1) is 11.8 Å². The minimum atomic E-state index is 0.418. The third kappa shape index (κ3) is 5.41. The molecule has 9 nitrogen and oxygen atoms in total. The first kappa shape index (κ1) is 22.4. The molecule has 178 valence electrons. The fraction of sp³-hybridized carbons (Fsp3) is 0.480. The van der Waals surface area contributed by atoms with Gasteiger partial charge in [0.25, 0.3) is 0 Å². The molecule has 2 fully saturated rings. The number of nitrogens with zero attached hydrogens (tertiary/aromatic N) is 4. The van der Waals surface area contributed by atoms with Crippen LogP contribution in [0.1, 0.15) is 37.7 Å². The lowest BCUT2D eigenvalue weighted by atomic mass is 9.95. The molecule has 3 aromatic rings. The van der Waals surface area contributed by atoms with E-state index in [1.807, 2.05) is 18.2 Å². The van der Waals surface area contributed by atoms with E-state index in [-0.39, 0.29) is 0 Å². The van der Waals surface area contributed by atoms with Crippen molar-refractivity contribution in [1.82, 2.24) is 24.8 Å². The van der Waals surface area contributed by atoms with Gasteiger partial charge in [-0.25, -0.2) is 4.98 Å². The first-order chi connectivity index (χ1) is 16.8. The summed E-state index contributed by atoms with van der Waals surface area (Å²) in [7, 11) is 1.65. The van der Waals surface area contributed by atoms with Gasteiger partial charge in [0, 0.05) is 24.7 Å². The summed E-state index contributed by atoms with van der Waals surface area (Å²) >= 11 is 0. The van der Waals surface area contributed by atoms with Crippen molar-refractivity contribution in [2.24, 2.45) is 0 Å². The number of methoxy groups -OCH3 is 1. The maximum absolute atomic E-state index is 5.63. The highest BCUT2D eigenvalue weighted by molar-refractivity contribution is 5.84. The normalized spacial score (nSPS) is 17.2. The first-order valence-corrected chi connectivity index (χ1v) is 12.0. The van der Waals surface area contributed by atoms with Crippen molar-refractivity contribution in [3.05, 3.63) is 30.1 Å². The molecule has 2 aromatic heterocycles. The Hall–Kier alpha value is -3.35. The van der Waals surface area contributed by atoms with Crippen LogP contribution in [0.4, 0.5) is 17.5 Å². The number of hydrogen-bond donors (Lipinski definition) is 3. The fourth-order valence-corrected chi connectivity index (χ4v) is 4.44. The zero-order valence-electron chi connectivity index (χ0n) is 19.6. The first-order valence-electron chi connectivity index (χ1n) is 12.0. The second-order valence-electron chi connectivity index (χ2n) is 8.71. The van der Waals surface area contributed by atoms with E-state index < -0.39 is 0 Å². The van der Waals surface area contributed by atoms with Crippen LogP contribution < -0.4 is 15.4 Å². The van der Waals surface area contributed by atoms with Gasteiger partial charge in [0.1, 0.15) is 11.3 Å². The summed E-state index contributed by atoms with van der Waals surface area (Å²) in [4.78, 5) is 19.2. The number of hydrogen-bond acceptors (Lipinski definition) is 8. The zero-order chi connectivity index (χ0) is 23.2. The van der Waals surface area contributed by atoms with Crippen molar-refractivity contribution in [2.75, 3.05) is 50.6 Å². The van der Waals surface area contributed by atoms with Gasteiger partial charge in [-0.15, -0.1) is 0 Å². The maximum Gasteiger partial charge on any atom is 0.231 e. The zero-order valence-corrected chi connectivity index (χ0v) is 19.6. The van der Waals surface area contributed by atoms with Gasteiger partial charge in [0.15, 0.2) is 11.5 Å². The molecule has 0 spiro atoms. The molecule has 1 saturated carbocycles. The molecule has 5 rings (SSSR count). The van der Waals surface area contributed by atoms with E-state index in [2.05, 4.69) is 42.3 Å². The van der Waals surface area contributed by atoms with Crippen molar-refractivity contribution in [2.45, 2.75) is 38.1 Å². The predicted octanol–water partition coefficient (Wildman–Crippen LogP) is 3.53. The summed E-state index contributed by atoms with van der Waals surface area (Å²) in [6.45, 7) is 4.15. The number of rotatable bonds is 6. The van der Waals surface area contributed by atoms with Crippen LogP contribution in [0.3, 0.4) is 0 Å². The quantitative estimate of drug-likeness (QED) is 0.480. The number of aromatic nitrogens is 4. The van der Waals surface area contributed by atoms with Crippen LogP contribution in [0.15, 0.2) is 24.5 Å². The molecular weight excluding hydrogens is 430 g/mol. The summed E-state index contributed by atoms with van der Waals surface area (Å²) in [5, 5.41) is 6.90. The molecule has 1 aliphatic heterocycles.